The lowest BCUT2D eigenvalue weighted by atomic mass is 10.2. The number of nitrogens with zero attached hydrogens (tertiary/aromatic N) is 4. The molecular formula is C27H29N5O3. The van der Waals surface area contributed by atoms with Gasteiger partial charge in [-0.2, -0.15) is 5.10 Å². The fourth-order valence-electron chi connectivity index (χ4n) is 3.82. The zero-order valence-corrected chi connectivity index (χ0v) is 20.2. The van der Waals surface area contributed by atoms with Crippen molar-refractivity contribution in [3.05, 3.63) is 83.7 Å². The Balaban J connectivity index is 1.40. The number of anilines is 1. The normalized spacial score (nSPS) is 11.1. The van der Waals surface area contributed by atoms with Crippen molar-refractivity contribution < 1.29 is 14.3 Å². The lowest BCUT2D eigenvalue weighted by Gasteiger charge is -2.17. The van der Waals surface area contributed by atoms with Gasteiger partial charge in [0.05, 0.1) is 28.5 Å². The third kappa shape index (κ3) is 5.55. The van der Waals surface area contributed by atoms with E-state index in [0.717, 1.165) is 24.0 Å². The van der Waals surface area contributed by atoms with Crippen LogP contribution in [0, 0.1) is 6.92 Å². The minimum atomic E-state index is -0.380. The van der Waals surface area contributed by atoms with Gasteiger partial charge in [-0.05, 0) is 62.5 Å². The molecule has 0 aliphatic carbocycles. The molecule has 0 aliphatic rings. The Morgan fingerprint density at radius 1 is 1.00 bits per heavy atom. The molecule has 2 aromatic heterocycles. The molecule has 0 unspecified atom stereocenters. The number of aromatic nitrogens is 3. The first kappa shape index (κ1) is 24.1. The van der Waals surface area contributed by atoms with Crippen LogP contribution < -0.4 is 5.32 Å². The monoisotopic (exact) mass is 471 g/mol. The van der Waals surface area contributed by atoms with E-state index in [1.807, 2.05) is 43.3 Å². The molecule has 0 atom stereocenters. The summed E-state index contributed by atoms with van der Waals surface area (Å²) in [6, 6.07) is 18.4. The van der Waals surface area contributed by atoms with E-state index in [9.17, 15) is 9.59 Å². The number of fused-ring (bicyclic) bond motifs is 1. The Kier molecular flexibility index (Phi) is 7.52. The molecule has 0 bridgehead atoms. The quantitative estimate of drug-likeness (QED) is 0.362. The average Bonchev–Trinajstić information content (AvgIpc) is 3.28. The van der Waals surface area contributed by atoms with Gasteiger partial charge in [-0.3, -0.25) is 4.79 Å². The fraction of sp³-hybridized carbons (Fsp3) is 0.259. The van der Waals surface area contributed by atoms with E-state index in [1.165, 1.54) is 6.20 Å². The van der Waals surface area contributed by atoms with Gasteiger partial charge in [0.15, 0.2) is 5.82 Å². The Morgan fingerprint density at radius 3 is 2.49 bits per heavy atom. The molecule has 2 heterocycles. The van der Waals surface area contributed by atoms with Crippen molar-refractivity contribution in [1.82, 2.24) is 19.7 Å². The number of likely N-dealkylation sites (N-methyl/N-ethyl adjacent to an activating group) is 1. The summed E-state index contributed by atoms with van der Waals surface area (Å²) in [7, 11) is 0. The Morgan fingerprint density at radius 2 is 1.74 bits per heavy atom. The number of pyridine rings is 1. The van der Waals surface area contributed by atoms with Crippen LogP contribution in [0.4, 0.5) is 5.69 Å². The number of nitrogens with one attached hydrogen (secondary N) is 1. The van der Waals surface area contributed by atoms with E-state index in [-0.39, 0.29) is 11.9 Å². The zero-order valence-electron chi connectivity index (χ0n) is 20.2. The van der Waals surface area contributed by atoms with Crippen molar-refractivity contribution in [3.63, 3.8) is 0 Å². The first-order valence-corrected chi connectivity index (χ1v) is 11.7. The maximum atomic E-state index is 12.9. The van der Waals surface area contributed by atoms with Crippen molar-refractivity contribution in [2.75, 3.05) is 31.6 Å². The van der Waals surface area contributed by atoms with Gasteiger partial charge in [-0.15, -0.1) is 0 Å². The highest BCUT2D eigenvalue weighted by Gasteiger charge is 2.17. The number of rotatable bonds is 9. The molecule has 180 valence electrons. The van der Waals surface area contributed by atoms with Crippen LogP contribution in [0.15, 0.2) is 66.9 Å². The molecule has 0 radical (unpaired) electrons. The van der Waals surface area contributed by atoms with Crippen molar-refractivity contribution in [1.29, 1.82) is 0 Å². The van der Waals surface area contributed by atoms with Crippen LogP contribution in [-0.2, 0) is 4.74 Å². The fourth-order valence-corrected chi connectivity index (χ4v) is 3.82. The molecule has 0 aliphatic heterocycles. The van der Waals surface area contributed by atoms with E-state index in [1.54, 1.807) is 28.9 Å². The topological polar surface area (TPSA) is 89.4 Å². The summed E-state index contributed by atoms with van der Waals surface area (Å²) in [4.78, 5) is 32.0. The van der Waals surface area contributed by atoms with Gasteiger partial charge < -0.3 is 15.0 Å². The van der Waals surface area contributed by atoms with Crippen molar-refractivity contribution >= 4 is 28.5 Å². The van der Waals surface area contributed by atoms with Crippen LogP contribution >= 0.6 is 0 Å². The van der Waals surface area contributed by atoms with Gasteiger partial charge in [0.25, 0.3) is 5.91 Å². The first-order valence-electron chi connectivity index (χ1n) is 11.7. The lowest BCUT2D eigenvalue weighted by molar-refractivity contribution is 0.0466. The van der Waals surface area contributed by atoms with Gasteiger partial charge >= 0.3 is 5.97 Å². The number of esters is 1. The van der Waals surface area contributed by atoms with Crippen LogP contribution in [0.3, 0.4) is 0 Å². The summed E-state index contributed by atoms with van der Waals surface area (Å²) < 4.78 is 7.01. The van der Waals surface area contributed by atoms with Crippen LogP contribution in [0.2, 0.25) is 0 Å². The standard InChI is InChI=1S/C27H29N5O3/c1-4-31(5-2)16-17-35-27(34)21-10-13-22(14-11-21)29-26(33)23-18-28-32(19(23)3)25-15-12-20-8-6-7-9-24(20)30-25/h6-15,18H,4-5,16-17H2,1-3H3,(H,29,33). The van der Waals surface area contributed by atoms with E-state index in [4.69, 9.17) is 4.74 Å². The second-order valence-corrected chi connectivity index (χ2v) is 8.11. The molecule has 4 aromatic rings. The Labute approximate surface area is 204 Å². The maximum absolute atomic E-state index is 12.9. The highest BCUT2D eigenvalue weighted by Crippen LogP contribution is 2.19. The van der Waals surface area contributed by atoms with Crippen molar-refractivity contribution in [2.45, 2.75) is 20.8 Å². The van der Waals surface area contributed by atoms with Crippen LogP contribution in [0.25, 0.3) is 16.7 Å². The summed E-state index contributed by atoms with van der Waals surface area (Å²) in [6.07, 6.45) is 1.53. The third-order valence-electron chi connectivity index (χ3n) is 5.97. The molecule has 2 aromatic carbocycles. The largest absolute Gasteiger partial charge is 0.461 e. The Bertz CT molecular complexity index is 1330. The minimum Gasteiger partial charge on any atom is -0.461 e. The summed E-state index contributed by atoms with van der Waals surface area (Å²) in [5.41, 5.74) is 3.00. The number of benzene rings is 2. The highest BCUT2D eigenvalue weighted by atomic mass is 16.5. The van der Waals surface area contributed by atoms with Gasteiger partial charge in [0.2, 0.25) is 0 Å². The van der Waals surface area contributed by atoms with Gasteiger partial charge in [0.1, 0.15) is 6.61 Å². The second-order valence-electron chi connectivity index (χ2n) is 8.11. The van der Waals surface area contributed by atoms with E-state index in [0.29, 0.717) is 41.5 Å². The number of carbonyl (C=O) groups is 2. The average molecular weight is 472 g/mol. The van der Waals surface area contributed by atoms with Crippen molar-refractivity contribution in [2.24, 2.45) is 0 Å². The summed E-state index contributed by atoms with van der Waals surface area (Å²) >= 11 is 0. The molecule has 0 saturated carbocycles. The molecule has 35 heavy (non-hydrogen) atoms. The number of hydrogen-bond donors (Lipinski definition) is 1. The van der Waals surface area contributed by atoms with Gasteiger partial charge in [0, 0.05) is 17.6 Å². The van der Waals surface area contributed by atoms with Gasteiger partial charge in [-0.25, -0.2) is 14.5 Å². The highest BCUT2D eigenvalue weighted by molar-refractivity contribution is 6.05. The summed E-state index contributed by atoms with van der Waals surface area (Å²) in [5.74, 6) is -0.0248. The molecule has 0 spiro atoms. The number of amides is 1. The molecule has 0 saturated heterocycles. The SMILES string of the molecule is CCN(CC)CCOC(=O)c1ccc(NC(=O)c2cnn(-c3ccc4ccccc4n3)c2C)cc1. The minimum absolute atomic E-state index is 0.288. The summed E-state index contributed by atoms with van der Waals surface area (Å²) in [6.45, 7) is 8.86. The van der Waals surface area contributed by atoms with E-state index in [2.05, 4.69) is 34.1 Å². The summed E-state index contributed by atoms with van der Waals surface area (Å²) in [5, 5.41) is 8.27. The third-order valence-corrected chi connectivity index (χ3v) is 5.97. The molecular weight excluding hydrogens is 442 g/mol. The molecule has 4 rings (SSSR count). The lowest BCUT2D eigenvalue weighted by Crippen LogP contribution is -2.27. The number of hydrogen-bond acceptors (Lipinski definition) is 6. The number of para-hydroxylation sites is 1. The molecule has 0 fully saturated rings. The molecule has 8 nitrogen and oxygen atoms in total. The molecule has 8 heteroatoms. The van der Waals surface area contributed by atoms with E-state index >= 15 is 0 Å². The van der Waals surface area contributed by atoms with E-state index < -0.39 is 0 Å². The molecule has 1 amide bonds. The maximum Gasteiger partial charge on any atom is 0.338 e. The number of carbonyl (C=O) groups excluding carboxylic acids is 2. The van der Waals surface area contributed by atoms with Crippen LogP contribution in [0.1, 0.15) is 40.3 Å². The predicted octanol–water partition coefficient (Wildman–Crippen LogP) is 4.48. The smallest absolute Gasteiger partial charge is 0.338 e. The second kappa shape index (κ2) is 10.9. The zero-order chi connectivity index (χ0) is 24.8. The van der Waals surface area contributed by atoms with Crippen molar-refractivity contribution in [3.8, 4) is 5.82 Å². The Hall–Kier alpha value is -4.04. The predicted molar refractivity (Wildman–Crippen MR) is 136 cm³/mol. The van der Waals surface area contributed by atoms with Crippen LogP contribution in [-0.4, -0.2) is 57.8 Å². The first-order chi connectivity index (χ1) is 17.0. The van der Waals surface area contributed by atoms with Gasteiger partial charge in [-0.1, -0.05) is 32.0 Å². The molecule has 1 N–H and O–H groups in total. The number of ether oxygens (including phenoxy) is 1. The van der Waals surface area contributed by atoms with Crippen LogP contribution in [0.5, 0.6) is 0 Å².